The van der Waals surface area contributed by atoms with Gasteiger partial charge in [0.25, 0.3) is 0 Å². The van der Waals surface area contributed by atoms with Gasteiger partial charge < -0.3 is 23.0 Å². The summed E-state index contributed by atoms with van der Waals surface area (Å²) in [6, 6.07) is 5.36. The Morgan fingerprint density at radius 1 is 1.06 bits per heavy atom. The second-order valence-corrected chi connectivity index (χ2v) is 16.8. The van der Waals surface area contributed by atoms with E-state index in [1.807, 2.05) is 0 Å². The third-order valence-electron chi connectivity index (χ3n) is 7.50. The van der Waals surface area contributed by atoms with E-state index < -0.39 is 0 Å². The van der Waals surface area contributed by atoms with Crippen molar-refractivity contribution in [2.24, 2.45) is 7.05 Å². The molecule has 1 aliphatic heterocycles. The molecule has 2 N–H and O–H groups in total. The predicted octanol–water partition coefficient (Wildman–Crippen LogP) is -0.315. The van der Waals surface area contributed by atoms with Gasteiger partial charge in [0.15, 0.2) is 0 Å². The van der Waals surface area contributed by atoms with Crippen LogP contribution in [0.15, 0.2) is 30.9 Å². The van der Waals surface area contributed by atoms with E-state index in [0.717, 1.165) is 39.3 Å². The molecule has 0 aliphatic carbocycles. The summed E-state index contributed by atoms with van der Waals surface area (Å²) in [5.74, 6) is 0.934. The topological polar surface area (TPSA) is 38.1 Å². The molecule has 174 valence electrons. The Hall–Kier alpha value is -1.25. The predicted molar refractivity (Wildman–Crippen MR) is 137 cm³/mol. The van der Waals surface area contributed by atoms with Crippen molar-refractivity contribution in [1.29, 1.82) is 0 Å². The van der Waals surface area contributed by atoms with Crippen LogP contribution < -0.4 is 27.6 Å². The number of rotatable bonds is 6. The number of halogens is 1. The van der Waals surface area contributed by atoms with Gasteiger partial charge in [0.2, 0.25) is 6.33 Å². The van der Waals surface area contributed by atoms with E-state index in [9.17, 15) is 0 Å². The Morgan fingerprint density at radius 2 is 1.58 bits per heavy atom. The van der Waals surface area contributed by atoms with Gasteiger partial charge >= 0.3 is 0 Å². The lowest BCUT2D eigenvalue weighted by Gasteiger charge is -2.34. The molecule has 31 heavy (non-hydrogen) atoms. The van der Waals surface area contributed by atoms with Crippen LogP contribution in [0.3, 0.4) is 0 Å². The molecule has 1 aromatic heterocycles. The van der Waals surface area contributed by atoms with E-state index >= 15 is 0 Å². The minimum absolute atomic E-state index is 0. The number of aromatic nitrogens is 2. The minimum atomic E-state index is 0. The van der Waals surface area contributed by atoms with Crippen LogP contribution in [0.1, 0.15) is 77.0 Å². The lowest BCUT2D eigenvalue weighted by molar-refractivity contribution is -0.671. The summed E-state index contributed by atoms with van der Waals surface area (Å²) >= 11 is 0. The first-order valence-electron chi connectivity index (χ1n) is 11.5. The van der Waals surface area contributed by atoms with Crippen molar-refractivity contribution in [3.63, 3.8) is 0 Å². The van der Waals surface area contributed by atoms with E-state index in [2.05, 4.69) is 93.5 Å². The molecule has 1 aromatic carbocycles. The van der Waals surface area contributed by atoms with Crippen LogP contribution in [-0.4, -0.2) is 38.1 Å². The van der Waals surface area contributed by atoms with Crippen molar-refractivity contribution < 1.29 is 17.0 Å². The van der Waals surface area contributed by atoms with Gasteiger partial charge in [0, 0.05) is 44.8 Å². The van der Waals surface area contributed by atoms with Gasteiger partial charge in [-0.1, -0.05) is 41.5 Å². The summed E-state index contributed by atoms with van der Waals surface area (Å²) in [5.41, 5.74) is 12.0. The summed E-state index contributed by atoms with van der Waals surface area (Å²) in [7, 11) is 4.40. The molecule has 0 bridgehead atoms. The highest BCUT2D eigenvalue weighted by Gasteiger charge is 2.32. The van der Waals surface area contributed by atoms with Gasteiger partial charge in [-0.15, -0.1) is 0 Å². The van der Waals surface area contributed by atoms with Gasteiger partial charge in [-0.05, 0) is 45.2 Å². The highest BCUT2D eigenvalue weighted by Crippen LogP contribution is 2.48. The number of imidazole rings is 1. The highest BCUT2D eigenvalue weighted by atomic mass is 35.5. The fourth-order valence-electron chi connectivity index (χ4n) is 4.42. The van der Waals surface area contributed by atoms with Crippen LogP contribution in [0.25, 0.3) is 0 Å². The number of hydrogen-bond donors (Lipinski definition) is 1. The second-order valence-electron chi connectivity index (χ2n) is 11.6. The lowest BCUT2D eigenvalue weighted by Crippen LogP contribution is -3.00. The lowest BCUT2D eigenvalue weighted by atomic mass is 9.81. The van der Waals surface area contributed by atoms with Crippen LogP contribution in [0.4, 0.5) is 11.4 Å². The van der Waals surface area contributed by atoms with Crippen molar-refractivity contribution >= 4 is 31.9 Å². The Kier molecular flexibility index (Phi) is 7.82. The SMILES string of the molecule is CC(c1cc(N2CCC(n3cc[n+](C)c3)C2)cc(C(C)C(C)(C)[SiH3])c1N)C(C)(C)[SiH3].[Cl-]. The number of aryl methyl sites for hydroxylation is 1. The van der Waals surface area contributed by atoms with Crippen molar-refractivity contribution in [1.82, 2.24) is 4.57 Å². The fourth-order valence-corrected chi connectivity index (χ4v) is 5.04. The normalized spacial score (nSPS) is 19.5. The third-order valence-corrected chi connectivity index (χ3v) is 9.23. The zero-order valence-corrected chi connectivity index (χ0v) is 25.8. The quantitative estimate of drug-likeness (QED) is 0.351. The zero-order valence-electron chi connectivity index (χ0n) is 21.0. The van der Waals surface area contributed by atoms with Crippen molar-refractivity contribution in [3.05, 3.63) is 42.0 Å². The van der Waals surface area contributed by atoms with Gasteiger partial charge in [0.05, 0.1) is 13.6 Å². The Balaban J connectivity index is 0.00000341. The molecule has 3 atom stereocenters. The van der Waals surface area contributed by atoms with Crippen LogP contribution in [0, 0.1) is 0 Å². The van der Waals surface area contributed by atoms with E-state index in [1.165, 1.54) is 23.2 Å². The molecular weight excluding hydrogens is 436 g/mol. The Bertz CT molecular complexity index is 857. The molecule has 0 spiro atoms. The molecular formula is C24H43ClN4Si2. The molecule has 1 aliphatic rings. The molecule has 1 saturated heterocycles. The number of nitrogens with two attached hydrogens (primary N) is 1. The van der Waals surface area contributed by atoms with Crippen LogP contribution in [0.2, 0.25) is 10.1 Å². The van der Waals surface area contributed by atoms with Crippen LogP contribution in [-0.2, 0) is 7.05 Å². The molecule has 1 fully saturated rings. The summed E-state index contributed by atoms with van der Waals surface area (Å²) < 4.78 is 4.50. The molecule has 3 rings (SSSR count). The first-order valence-corrected chi connectivity index (χ1v) is 13.5. The van der Waals surface area contributed by atoms with E-state index in [1.54, 1.807) is 0 Å². The second kappa shape index (κ2) is 9.32. The number of nitrogen functional groups attached to an aromatic ring is 1. The summed E-state index contributed by atoms with van der Waals surface area (Å²) in [4.78, 5) is 2.58. The van der Waals surface area contributed by atoms with Gasteiger partial charge in [-0.2, -0.15) is 0 Å². The maximum absolute atomic E-state index is 6.87. The molecule has 3 unspecified atom stereocenters. The maximum Gasteiger partial charge on any atom is 0.243 e. The third kappa shape index (κ3) is 5.58. The van der Waals surface area contributed by atoms with E-state index in [4.69, 9.17) is 5.73 Å². The maximum atomic E-state index is 6.87. The Morgan fingerprint density at radius 3 is 2.00 bits per heavy atom. The number of nitrogens with zero attached hydrogens (tertiary/aromatic N) is 3. The fraction of sp³-hybridized carbons (Fsp3) is 0.625. The summed E-state index contributed by atoms with van der Waals surface area (Å²) in [6.45, 7) is 16.4. The monoisotopic (exact) mass is 478 g/mol. The molecule has 4 nitrogen and oxygen atoms in total. The summed E-state index contributed by atoms with van der Waals surface area (Å²) in [5, 5.41) is 0.633. The van der Waals surface area contributed by atoms with Gasteiger partial charge in [-0.25, -0.2) is 9.13 Å². The van der Waals surface area contributed by atoms with Crippen molar-refractivity contribution in [2.45, 2.75) is 75.9 Å². The van der Waals surface area contributed by atoms with Crippen molar-refractivity contribution in [3.8, 4) is 0 Å². The molecule has 0 radical (unpaired) electrons. The standard InChI is InChI=1S/C24H43N4Si2.ClH/c1-16(23(3,4)29)20-12-19(13-21(22(20)25)17(2)24(5,6)30)27-9-8-18(14-27)28-11-10-26(7)15-28;/h10-13,15-18H,8-9,14,25H2,1-7,29-30H3;1H/q+1;/p-1. The average molecular weight is 479 g/mol. The first-order chi connectivity index (χ1) is 13.8. The average Bonchev–Trinajstić information content (AvgIpc) is 3.28. The van der Waals surface area contributed by atoms with E-state index in [0.29, 0.717) is 28.0 Å². The molecule has 0 saturated carbocycles. The molecule has 2 aromatic rings. The molecule has 0 amide bonds. The summed E-state index contributed by atoms with van der Waals surface area (Å²) in [6.07, 6.45) is 7.72. The van der Waals surface area contributed by atoms with Gasteiger partial charge in [0.1, 0.15) is 18.4 Å². The van der Waals surface area contributed by atoms with Crippen LogP contribution in [0.5, 0.6) is 0 Å². The minimum Gasteiger partial charge on any atom is -1.00 e. The molecule has 2 heterocycles. The number of hydrogen-bond acceptors (Lipinski definition) is 2. The highest BCUT2D eigenvalue weighted by molar-refractivity contribution is 6.15. The smallest absolute Gasteiger partial charge is 0.243 e. The number of benzene rings is 1. The van der Waals surface area contributed by atoms with Crippen LogP contribution >= 0.6 is 0 Å². The molecule has 7 heteroatoms. The number of anilines is 2. The van der Waals surface area contributed by atoms with Crippen molar-refractivity contribution in [2.75, 3.05) is 23.7 Å². The Labute approximate surface area is 201 Å². The van der Waals surface area contributed by atoms with E-state index in [-0.39, 0.29) is 12.4 Å². The first kappa shape index (κ1) is 26.0. The van der Waals surface area contributed by atoms with Gasteiger partial charge in [-0.3, -0.25) is 0 Å². The largest absolute Gasteiger partial charge is 1.00 e. The zero-order chi connectivity index (χ0) is 22.4.